The van der Waals surface area contributed by atoms with Crippen LogP contribution in [0.25, 0.3) is 0 Å². The van der Waals surface area contributed by atoms with Crippen LogP contribution in [0.2, 0.25) is 0 Å². The van der Waals surface area contributed by atoms with Crippen molar-refractivity contribution in [1.29, 1.82) is 0 Å². The van der Waals surface area contributed by atoms with E-state index < -0.39 is 0 Å². The van der Waals surface area contributed by atoms with E-state index in [1.165, 1.54) is 15.6 Å². The Hall–Kier alpha value is -0.380. The molecule has 2 nitrogen and oxygen atoms in total. The van der Waals surface area contributed by atoms with Gasteiger partial charge in [0.2, 0.25) is 0 Å². The third-order valence-electron chi connectivity index (χ3n) is 3.51. The van der Waals surface area contributed by atoms with Gasteiger partial charge in [-0.1, -0.05) is 35.0 Å². The average Bonchev–Trinajstić information content (AvgIpc) is 2.84. The molecule has 0 spiro atoms. The van der Waals surface area contributed by atoms with E-state index in [-0.39, 0.29) is 0 Å². The maximum Gasteiger partial charge on any atom is 0.0513 e. The van der Waals surface area contributed by atoms with Gasteiger partial charge in [0.1, 0.15) is 0 Å². The summed E-state index contributed by atoms with van der Waals surface area (Å²) in [5.74, 6) is 0.600. The van der Waals surface area contributed by atoms with Crippen molar-refractivity contribution in [2.45, 2.75) is 26.3 Å². The van der Waals surface area contributed by atoms with Crippen molar-refractivity contribution in [3.63, 3.8) is 0 Å². The van der Waals surface area contributed by atoms with Gasteiger partial charge in [-0.25, -0.2) is 0 Å². The smallest absolute Gasteiger partial charge is 0.0513 e. The standard InChI is InChI=1S/C14H20BrNO/c1-3-16-14(11-7-8-17-9-11)12-5-4-6-13(15)10(12)2/h4-6,11,14,16H,3,7-9H2,1-2H3. The fraction of sp³-hybridized carbons (Fsp3) is 0.571. The van der Waals surface area contributed by atoms with E-state index in [1.807, 2.05) is 0 Å². The number of benzene rings is 1. The Morgan fingerprint density at radius 3 is 3.00 bits per heavy atom. The summed E-state index contributed by atoms with van der Waals surface area (Å²) in [4.78, 5) is 0. The first-order valence-electron chi connectivity index (χ1n) is 6.30. The monoisotopic (exact) mass is 297 g/mol. The average molecular weight is 298 g/mol. The molecule has 0 bridgehead atoms. The Bertz CT molecular complexity index is 374. The Kier molecular flexibility index (Phi) is 4.60. The number of hydrogen-bond acceptors (Lipinski definition) is 2. The Morgan fingerprint density at radius 2 is 2.35 bits per heavy atom. The zero-order valence-corrected chi connectivity index (χ0v) is 12.1. The van der Waals surface area contributed by atoms with Gasteiger partial charge < -0.3 is 10.1 Å². The second-order valence-electron chi connectivity index (χ2n) is 4.61. The largest absolute Gasteiger partial charge is 0.381 e. The first-order chi connectivity index (χ1) is 8.24. The predicted molar refractivity (Wildman–Crippen MR) is 74.2 cm³/mol. The van der Waals surface area contributed by atoms with Crippen LogP contribution in [0.5, 0.6) is 0 Å². The lowest BCUT2D eigenvalue weighted by Crippen LogP contribution is -2.29. The molecule has 1 fully saturated rings. The summed E-state index contributed by atoms with van der Waals surface area (Å²) in [6, 6.07) is 6.87. The van der Waals surface area contributed by atoms with E-state index in [2.05, 4.69) is 53.3 Å². The number of rotatable bonds is 4. The van der Waals surface area contributed by atoms with E-state index >= 15 is 0 Å². The molecule has 1 heterocycles. The number of hydrogen-bond donors (Lipinski definition) is 1. The summed E-state index contributed by atoms with van der Waals surface area (Å²) in [6.07, 6.45) is 1.16. The van der Waals surface area contributed by atoms with Crippen LogP contribution in [0, 0.1) is 12.8 Å². The van der Waals surface area contributed by atoms with E-state index in [0.29, 0.717) is 12.0 Å². The van der Waals surface area contributed by atoms with Crippen molar-refractivity contribution < 1.29 is 4.74 Å². The molecule has 2 atom stereocenters. The number of nitrogens with one attached hydrogen (secondary N) is 1. The van der Waals surface area contributed by atoms with Crippen molar-refractivity contribution >= 4 is 15.9 Å². The van der Waals surface area contributed by atoms with Gasteiger partial charge in [0.15, 0.2) is 0 Å². The Balaban J connectivity index is 2.27. The summed E-state index contributed by atoms with van der Waals surface area (Å²) >= 11 is 3.62. The molecule has 1 aromatic carbocycles. The molecule has 2 rings (SSSR count). The fourth-order valence-electron chi connectivity index (χ4n) is 2.53. The zero-order chi connectivity index (χ0) is 12.3. The molecule has 1 aliphatic rings. The first kappa shape index (κ1) is 13.1. The van der Waals surface area contributed by atoms with E-state index in [1.54, 1.807) is 0 Å². The summed E-state index contributed by atoms with van der Waals surface area (Å²) in [7, 11) is 0. The third-order valence-corrected chi connectivity index (χ3v) is 4.36. The van der Waals surface area contributed by atoms with Crippen molar-refractivity contribution in [1.82, 2.24) is 5.32 Å². The minimum Gasteiger partial charge on any atom is -0.381 e. The van der Waals surface area contributed by atoms with Crippen LogP contribution in [0.15, 0.2) is 22.7 Å². The van der Waals surface area contributed by atoms with Gasteiger partial charge in [-0.05, 0) is 37.1 Å². The second-order valence-corrected chi connectivity index (χ2v) is 5.47. The number of ether oxygens (including phenoxy) is 1. The SMILES string of the molecule is CCNC(c1cccc(Br)c1C)C1CCOC1. The maximum absolute atomic E-state index is 5.52. The molecule has 0 aromatic heterocycles. The van der Waals surface area contributed by atoms with Gasteiger partial charge in [-0.2, -0.15) is 0 Å². The van der Waals surface area contributed by atoms with Crippen LogP contribution in [-0.4, -0.2) is 19.8 Å². The normalized spacial score (nSPS) is 21.7. The molecule has 1 aliphatic heterocycles. The molecule has 17 heavy (non-hydrogen) atoms. The first-order valence-corrected chi connectivity index (χ1v) is 7.09. The van der Waals surface area contributed by atoms with Crippen LogP contribution >= 0.6 is 15.9 Å². The molecule has 1 saturated heterocycles. The molecular formula is C14H20BrNO. The van der Waals surface area contributed by atoms with Crippen LogP contribution in [0.3, 0.4) is 0 Å². The van der Waals surface area contributed by atoms with Crippen molar-refractivity contribution in [2.75, 3.05) is 19.8 Å². The van der Waals surface area contributed by atoms with E-state index in [9.17, 15) is 0 Å². The minimum atomic E-state index is 0.417. The topological polar surface area (TPSA) is 21.3 Å². The zero-order valence-electron chi connectivity index (χ0n) is 10.5. The van der Waals surface area contributed by atoms with Gasteiger partial charge in [-0.3, -0.25) is 0 Å². The lowest BCUT2D eigenvalue weighted by molar-refractivity contribution is 0.177. The molecule has 2 unspecified atom stereocenters. The van der Waals surface area contributed by atoms with Gasteiger partial charge in [-0.15, -0.1) is 0 Å². The molecule has 1 N–H and O–H groups in total. The number of halogens is 1. The molecule has 94 valence electrons. The molecule has 3 heteroatoms. The maximum atomic E-state index is 5.52. The van der Waals surface area contributed by atoms with Crippen molar-refractivity contribution in [3.8, 4) is 0 Å². The van der Waals surface area contributed by atoms with Crippen LogP contribution in [-0.2, 0) is 4.74 Å². The summed E-state index contributed by atoms with van der Waals surface area (Å²) < 4.78 is 6.72. The van der Waals surface area contributed by atoms with Gasteiger partial charge in [0.05, 0.1) is 6.61 Å². The van der Waals surface area contributed by atoms with Crippen LogP contribution in [0.4, 0.5) is 0 Å². The summed E-state index contributed by atoms with van der Waals surface area (Å²) in [5.41, 5.74) is 2.74. The summed E-state index contributed by atoms with van der Waals surface area (Å²) in [5, 5.41) is 3.61. The molecule has 0 radical (unpaired) electrons. The molecule has 0 saturated carbocycles. The van der Waals surface area contributed by atoms with Crippen LogP contribution in [0.1, 0.15) is 30.5 Å². The highest BCUT2D eigenvalue weighted by Crippen LogP contribution is 2.32. The lowest BCUT2D eigenvalue weighted by Gasteiger charge is -2.25. The molecular weight excluding hydrogens is 278 g/mol. The van der Waals surface area contributed by atoms with Gasteiger partial charge in [0, 0.05) is 23.0 Å². The summed E-state index contributed by atoms with van der Waals surface area (Å²) in [6.45, 7) is 7.12. The quantitative estimate of drug-likeness (QED) is 0.919. The second kappa shape index (κ2) is 5.98. The highest BCUT2D eigenvalue weighted by atomic mass is 79.9. The highest BCUT2D eigenvalue weighted by Gasteiger charge is 2.27. The van der Waals surface area contributed by atoms with Gasteiger partial charge >= 0.3 is 0 Å². The lowest BCUT2D eigenvalue weighted by atomic mass is 9.90. The van der Waals surface area contributed by atoms with Crippen LogP contribution < -0.4 is 5.32 Å². The van der Waals surface area contributed by atoms with E-state index in [4.69, 9.17) is 4.74 Å². The Labute approximate surface area is 112 Å². The van der Waals surface area contributed by atoms with E-state index in [0.717, 1.165) is 26.2 Å². The Morgan fingerprint density at radius 1 is 1.53 bits per heavy atom. The molecule has 0 amide bonds. The van der Waals surface area contributed by atoms with Crippen molar-refractivity contribution in [3.05, 3.63) is 33.8 Å². The van der Waals surface area contributed by atoms with Crippen molar-refractivity contribution in [2.24, 2.45) is 5.92 Å². The predicted octanol–water partition coefficient (Wildman–Crippen LogP) is 3.44. The van der Waals surface area contributed by atoms with Gasteiger partial charge in [0.25, 0.3) is 0 Å². The molecule has 1 aromatic rings. The molecule has 0 aliphatic carbocycles. The highest BCUT2D eigenvalue weighted by molar-refractivity contribution is 9.10. The third kappa shape index (κ3) is 2.90. The minimum absolute atomic E-state index is 0.417. The fourth-order valence-corrected chi connectivity index (χ4v) is 2.91.